The van der Waals surface area contributed by atoms with Crippen LogP contribution in [0.25, 0.3) is 0 Å². The van der Waals surface area contributed by atoms with Crippen molar-refractivity contribution in [2.24, 2.45) is 11.3 Å². The summed E-state index contributed by atoms with van der Waals surface area (Å²) in [6, 6.07) is 0.784. The van der Waals surface area contributed by atoms with Crippen LogP contribution in [0.1, 0.15) is 32.1 Å². The molecule has 0 aromatic rings. The summed E-state index contributed by atoms with van der Waals surface area (Å²) in [6.07, 6.45) is 6.96. The molecular formula is C10H18ClN. The SMILES string of the molecule is CNC1CCC2(CC1)CC2CCl. The van der Waals surface area contributed by atoms with Gasteiger partial charge in [-0.2, -0.15) is 0 Å². The van der Waals surface area contributed by atoms with Crippen molar-refractivity contribution in [2.45, 2.75) is 38.1 Å². The molecule has 2 aliphatic rings. The maximum absolute atomic E-state index is 5.88. The minimum absolute atomic E-state index is 0.703. The van der Waals surface area contributed by atoms with E-state index >= 15 is 0 Å². The van der Waals surface area contributed by atoms with Crippen LogP contribution in [0, 0.1) is 11.3 Å². The first-order valence-electron chi connectivity index (χ1n) is 5.04. The second kappa shape index (κ2) is 3.19. The summed E-state index contributed by atoms with van der Waals surface area (Å²) in [5.74, 6) is 1.75. The van der Waals surface area contributed by atoms with E-state index in [0.717, 1.165) is 17.8 Å². The van der Waals surface area contributed by atoms with E-state index < -0.39 is 0 Å². The molecule has 1 N–H and O–H groups in total. The molecule has 0 heterocycles. The molecule has 2 fully saturated rings. The summed E-state index contributed by atoms with van der Waals surface area (Å²) in [4.78, 5) is 0. The lowest BCUT2D eigenvalue weighted by Crippen LogP contribution is -2.31. The lowest BCUT2D eigenvalue weighted by molar-refractivity contribution is 0.267. The molecule has 2 saturated carbocycles. The number of hydrogen-bond acceptors (Lipinski definition) is 1. The summed E-state index contributed by atoms with van der Waals surface area (Å²) in [6.45, 7) is 0. The first kappa shape index (κ1) is 8.83. The third-order valence-corrected chi connectivity index (χ3v) is 4.31. The van der Waals surface area contributed by atoms with Crippen LogP contribution in [0.15, 0.2) is 0 Å². The van der Waals surface area contributed by atoms with Gasteiger partial charge in [0.2, 0.25) is 0 Å². The smallest absolute Gasteiger partial charge is 0.0257 e. The van der Waals surface area contributed by atoms with Gasteiger partial charge in [0, 0.05) is 11.9 Å². The van der Waals surface area contributed by atoms with Crippen LogP contribution in [0.4, 0.5) is 0 Å². The van der Waals surface area contributed by atoms with Crippen molar-refractivity contribution in [3.05, 3.63) is 0 Å². The summed E-state index contributed by atoms with van der Waals surface area (Å²) >= 11 is 5.88. The number of rotatable bonds is 2. The zero-order valence-corrected chi connectivity index (χ0v) is 8.53. The molecule has 2 heteroatoms. The molecule has 1 spiro atoms. The lowest BCUT2D eigenvalue weighted by atomic mass is 9.82. The van der Waals surface area contributed by atoms with E-state index in [1.807, 2.05) is 0 Å². The molecule has 0 saturated heterocycles. The van der Waals surface area contributed by atoms with Crippen molar-refractivity contribution in [3.63, 3.8) is 0 Å². The number of alkyl halides is 1. The van der Waals surface area contributed by atoms with Crippen LogP contribution in [-0.4, -0.2) is 19.0 Å². The highest BCUT2D eigenvalue weighted by atomic mass is 35.5. The van der Waals surface area contributed by atoms with Gasteiger partial charge in [-0.05, 0) is 50.5 Å². The van der Waals surface area contributed by atoms with Crippen LogP contribution >= 0.6 is 11.6 Å². The zero-order chi connectivity index (χ0) is 8.60. The molecule has 1 nitrogen and oxygen atoms in total. The Morgan fingerprint density at radius 2 is 2.08 bits per heavy atom. The topological polar surface area (TPSA) is 12.0 Å². The fourth-order valence-electron chi connectivity index (χ4n) is 2.74. The van der Waals surface area contributed by atoms with Crippen LogP contribution < -0.4 is 5.32 Å². The maximum Gasteiger partial charge on any atom is 0.0257 e. The van der Waals surface area contributed by atoms with E-state index in [4.69, 9.17) is 11.6 Å². The Labute approximate surface area is 79.9 Å². The van der Waals surface area contributed by atoms with Crippen molar-refractivity contribution in [1.82, 2.24) is 5.32 Å². The first-order chi connectivity index (χ1) is 5.80. The van der Waals surface area contributed by atoms with Gasteiger partial charge >= 0.3 is 0 Å². The van der Waals surface area contributed by atoms with E-state index in [0.29, 0.717) is 5.41 Å². The molecule has 2 aliphatic carbocycles. The van der Waals surface area contributed by atoms with Crippen molar-refractivity contribution >= 4 is 11.6 Å². The molecule has 0 amide bonds. The van der Waals surface area contributed by atoms with Gasteiger partial charge in [0.15, 0.2) is 0 Å². The molecule has 0 aromatic heterocycles. The van der Waals surface area contributed by atoms with Crippen LogP contribution in [-0.2, 0) is 0 Å². The van der Waals surface area contributed by atoms with E-state index in [-0.39, 0.29) is 0 Å². The molecule has 0 aliphatic heterocycles. The molecule has 2 rings (SSSR count). The Balaban J connectivity index is 1.84. The molecular weight excluding hydrogens is 170 g/mol. The van der Waals surface area contributed by atoms with Gasteiger partial charge in [0.25, 0.3) is 0 Å². The average molecular weight is 188 g/mol. The second-order valence-electron chi connectivity index (χ2n) is 4.48. The quantitative estimate of drug-likeness (QED) is 0.655. The molecule has 1 atom stereocenters. The highest BCUT2D eigenvalue weighted by molar-refractivity contribution is 6.18. The van der Waals surface area contributed by atoms with Gasteiger partial charge in [0.1, 0.15) is 0 Å². The number of halogens is 1. The third-order valence-electron chi connectivity index (χ3n) is 3.93. The minimum Gasteiger partial charge on any atom is -0.317 e. The highest BCUT2D eigenvalue weighted by Crippen LogP contribution is 2.61. The van der Waals surface area contributed by atoms with Crippen LogP contribution in [0.5, 0.6) is 0 Å². The molecule has 1 unspecified atom stereocenters. The largest absolute Gasteiger partial charge is 0.317 e. The van der Waals surface area contributed by atoms with Crippen molar-refractivity contribution < 1.29 is 0 Å². The molecule has 12 heavy (non-hydrogen) atoms. The van der Waals surface area contributed by atoms with Gasteiger partial charge in [-0.1, -0.05) is 0 Å². The van der Waals surface area contributed by atoms with Crippen molar-refractivity contribution in [3.8, 4) is 0 Å². The monoisotopic (exact) mass is 187 g/mol. The average Bonchev–Trinajstić information content (AvgIpc) is 2.81. The van der Waals surface area contributed by atoms with Gasteiger partial charge in [0.05, 0.1) is 0 Å². The van der Waals surface area contributed by atoms with E-state index in [1.54, 1.807) is 0 Å². The maximum atomic E-state index is 5.88. The van der Waals surface area contributed by atoms with Gasteiger partial charge in [-0.15, -0.1) is 11.6 Å². The Kier molecular flexibility index (Phi) is 2.35. The Bertz CT molecular complexity index is 161. The van der Waals surface area contributed by atoms with E-state index in [1.165, 1.54) is 32.1 Å². The summed E-state index contributed by atoms with van der Waals surface area (Å²) in [5, 5.41) is 3.37. The highest BCUT2D eigenvalue weighted by Gasteiger charge is 2.53. The fraction of sp³-hybridized carbons (Fsp3) is 1.00. The fourth-order valence-corrected chi connectivity index (χ4v) is 3.18. The Morgan fingerprint density at radius 1 is 1.42 bits per heavy atom. The van der Waals surface area contributed by atoms with Crippen molar-refractivity contribution in [1.29, 1.82) is 0 Å². The molecule has 70 valence electrons. The standard InChI is InChI=1S/C10H18ClN/c1-12-9-2-4-10(5-3-9)6-8(10)7-11/h8-9,12H,2-7H2,1H3. The summed E-state index contributed by atoms with van der Waals surface area (Å²) in [5.41, 5.74) is 0.703. The van der Waals surface area contributed by atoms with Gasteiger partial charge in [-0.3, -0.25) is 0 Å². The molecule has 0 bridgehead atoms. The molecule has 0 radical (unpaired) electrons. The Morgan fingerprint density at radius 3 is 2.50 bits per heavy atom. The summed E-state index contributed by atoms with van der Waals surface area (Å²) in [7, 11) is 2.08. The van der Waals surface area contributed by atoms with Gasteiger partial charge < -0.3 is 5.32 Å². The van der Waals surface area contributed by atoms with Crippen LogP contribution in [0.3, 0.4) is 0 Å². The predicted molar refractivity (Wildman–Crippen MR) is 52.6 cm³/mol. The summed E-state index contributed by atoms with van der Waals surface area (Å²) < 4.78 is 0. The van der Waals surface area contributed by atoms with E-state index in [2.05, 4.69) is 12.4 Å². The second-order valence-corrected chi connectivity index (χ2v) is 4.79. The number of nitrogens with one attached hydrogen (secondary N) is 1. The zero-order valence-electron chi connectivity index (χ0n) is 7.78. The van der Waals surface area contributed by atoms with Gasteiger partial charge in [-0.25, -0.2) is 0 Å². The van der Waals surface area contributed by atoms with Crippen molar-refractivity contribution in [2.75, 3.05) is 12.9 Å². The number of hydrogen-bond donors (Lipinski definition) is 1. The van der Waals surface area contributed by atoms with Crippen LogP contribution in [0.2, 0.25) is 0 Å². The normalized spacial score (nSPS) is 46.5. The lowest BCUT2D eigenvalue weighted by Gasteiger charge is -2.29. The molecule has 0 aromatic carbocycles. The Hall–Kier alpha value is 0.250. The third kappa shape index (κ3) is 1.38. The van der Waals surface area contributed by atoms with E-state index in [9.17, 15) is 0 Å². The minimum atomic E-state index is 0.703. The first-order valence-corrected chi connectivity index (χ1v) is 5.57. The predicted octanol–water partition coefficient (Wildman–Crippen LogP) is 2.39.